The molecule has 5 rings (SSSR count). The van der Waals surface area contributed by atoms with Gasteiger partial charge < -0.3 is 15.0 Å². The van der Waals surface area contributed by atoms with Crippen LogP contribution in [0.1, 0.15) is 44.7 Å². The van der Waals surface area contributed by atoms with Crippen molar-refractivity contribution in [1.82, 2.24) is 10.2 Å². The van der Waals surface area contributed by atoms with Gasteiger partial charge >= 0.3 is 0 Å². The molecule has 1 N–H and O–H groups in total. The smallest absolute Gasteiger partial charge is 0.124 e. The number of hydrogen-bond acceptors (Lipinski definition) is 3. The van der Waals surface area contributed by atoms with Gasteiger partial charge in [-0.05, 0) is 51.8 Å². The normalized spacial score (nSPS) is 36.9. The van der Waals surface area contributed by atoms with Crippen molar-refractivity contribution < 1.29 is 4.74 Å². The lowest BCUT2D eigenvalue weighted by molar-refractivity contribution is 0.0371. The Morgan fingerprint density at radius 2 is 1.95 bits per heavy atom. The quantitative estimate of drug-likeness (QED) is 0.904. The monoisotopic (exact) mass is 286 g/mol. The molecular formula is C18H26N2O. The number of fused-ring (bicyclic) bond motifs is 4. The fraction of sp³-hybridized carbons (Fsp3) is 0.667. The Labute approximate surface area is 127 Å². The van der Waals surface area contributed by atoms with Crippen LogP contribution >= 0.6 is 0 Å². The van der Waals surface area contributed by atoms with Gasteiger partial charge in [0.15, 0.2) is 0 Å². The molecule has 0 radical (unpaired) electrons. The first-order valence-corrected chi connectivity index (χ1v) is 8.37. The van der Waals surface area contributed by atoms with E-state index in [1.54, 1.807) is 0 Å². The Hall–Kier alpha value is -1.06. The molecule has 0 aliphatic carbocycles. The molecule has 4 aliphatic heterocycles. The lowest BCUT2D eigenvalue weighted by Gasteiger charge is -2.48. The molecule has 3 fully saturated rings. The molecule has 4 heterocycles. The van der Waals surface area contributed by atoms with Gasteiger partial charge in [0.05, 0.1) is 0 Å². The molecule has 0 aromatic heterocycles. The summed E-state index contributed by atoms with van der Waals surface area (Å²) in [5.41, 5.74) is 1.26. The number of piperidine rings is 3. The van der Waals surface area contributed by atoms with Crippen LogP contribution in [0, 0.1) is 5.92 Å². The van der Waals surface area contributed by atoms with Crippen molar-refractivity contribution in [3.63, 3.8) is 0 Å². The van der Waals surface area contributed by atoms with Crippen molar-refractivity contribution >= 4 is 0 Å². The summed E-state index contributed by atoms with van der Waals surface area (Å²) < 4.78 is 6.15. The minimum Gasteiger partial charge on any atom is -0.487 e. The zero-order chi connectivity index (χ0) is 14.4. The number of benzene rings is 1. The number of hydrogen-bond donors (Lipinski definition) is 1. The fourth-order valence-corrected chi connectivity index (χ4v) is 4.36. The lowest BCUT2D eigenvalue weighted by atomic mass is 9.82. The Balaban J connectivity index is 1.57. The molecule has 1 aromatic rings. The third-order valence-corrected chi connectivity index (χ3v) is 5.45. The molecule has 0 saturated carbocycles. The Bertz CT molecular complexity index is 520. The summed E-state index contributed by atoms with van der Waals surface area (Å²) in [6.45, 7) is 8.24. The predicted octanol–water partition coefficient (Wildman–Crippen LogP) is 2.97. The maximum atomic E-state index is 6.15. The van der Waals surface area contributed by atoms with Crippen LogP contribution in [0.4, 0.5) is 0 Å². The van der Waals surface area contributed by atoms with Gasteiger partial charge in [-0.3, -0.25) is 0 Å². The highest BCUT2D eigenvalue weighted by Gasteiger charge is 2.39. The van der Waals surface area contributed by atoms with E-state index < -0.39 is 0 Å². The molecule has 3 heteroatoms. The van der Waals surface area contributed by atoms with E-state index in [1.807, 2.05) is 0 Å². The van der Waals surface area contributed by atoms with Crippen LogP contribution in [-0.4, -0.2) is 36.2 Å². The standard InChI is InChI=1S/C18H26N2O/c1-18(2)11-15(14-5-3-4-6-17(14)21-18)19-16-12-20-9-7-13(16)8-10-20/h3-6,13,15-16,19H,7-12H2,1-2H3. The first kappa shape index (κ1) is 13.6. The van der Waals surface area contributed by atoms with Crippen LogP contribution in [0.2, 0.25) is 0 Å². The van der Waals surface area contributed by atoms with Gasteiger partial charge in [0.25, 0.3) is 0 Å². The van der Waals surface area contributed by atoms with E-state index in [9.17, 15) is 0 Å². The van der Waals surface area contributed by atoms with Crippen LogP contribution in [-0.2, 0) is 0 Å². The van der Waals surface area contributed by atoms with E-state index >= 15 is 0 Å². The van der Waals surface area contributed by atoms with E-state index in [0.29, 0.717) is 12.1 Å². The third kappa shape index (κ3) is 2.58. The molecule has 21 heavy (non-hydrogen) atoms. The molecule has 2 bridgehead atoms. The molecule has 1 aromatic carbocycles. The molecule has 114 valence electrons. The van der Waals surface area contributed by atoms with Crippen molar-refractivity contribution in [3.05, 3.63) is 29.8 Å². The number of nitrogens with one attached hydrogen (secondary N) is 1. The summed E-state index contributed by atoms with van der Waals surface area (Å²) in [5.74, 6) is 1.93. The van der Waals surface area contributed by atoms with Crippen molar-refractivity contribution in [1.29, 1.82) is 0 Å². The van der Waals surface area contributed by atoms with Crippen molar-refractivity contribution in [3.8, 4) is 5.75 Å². The summed E-state index contributed by atoms with van der Waals surface area (Å²) in [6, 6.07) is 9.62. The molecular weight excluding hydrogens is 260 g/mol. The third-order valence-electron chi connectivity index (χ3n) is 5.45. The molecule has 2 unspecified atom stereocenters. The van der Waals surface area contributed by atoms with Crippen molar-refractivity contribution in [2.75, 3.05) is 19.6 Å². The molecule has 0 spiro atoms. The Morgan fingerprint density at radius 3 is 2.67 bits per heavy atom. The SMILES string of the molecule is CC1(C)CC(NC2CN3CCC2CC3)c2ccccc2O1. The highest BCUT2D eigenvalue weighted by Crippen LogP contribution is 2.40. The van der Waals surface area contributed by atoms with Crippen LogP contribution in [0.5, 0.6) is 5.75 Å². The molecule has 3 saturated heterocycles. The van der Waals surface area contributed by atoms with E-state index in [0.717, 1.165) is 18.1 Å². The second-order valence-corrected chi connectivity index (χ2v) is 7.57. The van der Waals surface area contributed by atoms with Crippen LogP contribution < -0.4 is 10.1 Å². The molecule has 4 aliphatic rings. The number of rotatable bonds is 2. The van der Waals surface area contributed by atoms with E-state index in [2.05, 4.69) is 48.3 Å². The summed E-state index contributed by atoms with van der Waals surface area (Å²) in [6.07, 6.45) is 3.78. The number of para-hydroxylation sites is 1. The van der Waals surface area contributed by atoms with Crippen LogP contribution in [0.3, 0.4) is 0 Å². The van der Waals surface area contributed by atoms with Crippen molar-refractivity contribution in [2.24, 2.45) is 5.92 Å². The maximum absolute atomic E-state index is 6.15. The predicted molar refractivity (Wildman–Crippen MR) is 84.6 cm³/mol. The Kier molecular flexibility index (Phi) is 3.23. The van der Waals surface area contributed by atoms with E-state index in [-0.39, 0.29) is 5.60 Å². The van der Waals surface area contributed by atoms with E-state index in [1.165, 1.54) is 38.0 Å². The first-order valence-electron chi connectivity index (χ1n) is 8.37. The Morgan fingerprint density at radius 1 is 1.19 bits per heavy atom. The zero-order valence-electron chi connectivity index (χ0n) is 13.1. The molecule has 2 atom stereocenters. The fourth-order valence-electron chi connectivity index (χ4n) is 4.36. The number of ether oxygens (including phenoxy) is 1. The van der Waals surface area contributed by atoms with Gasteiger partial charge in [0.1, 0.15) is 11.4 Å². The highest BCUT2D eigenvalue weighted by atomic mass is 16.5. The molecule has 0 amide bonds. The van der Waals surface area contributed by atoms with Gasteiger partial charge in [-0.2, -0.15) is 0 Å². The largest absolute Gasteiger partial charge is 0.487 e. The van der Waals surface area contributed by atoms with E-state index in [4.69, 9.17) is 4.74 Å². The first-order chi connectivity index (χ1) is 10.1. The number of nitrogens with zero attached hydrogens (tertiary/aromatic N) is 1. The minimum atomic E-state index is -0.0833. The van der Waals surface area contributed by atoms with Gasteiger partial charge in [-0.25, -0.2) is 0 Å². The summed E-state index contributed by atoms with van der Waals surface area (Å²) >= 11 is 0. The zero-order valence-corrected chi connectivity index (χ0v) is 13.1. The van der Waals surface area contributed by atoms with Gasteiger partial charge in [0, 0.05) is 30.6 Å². The van der Waals surface area contributed by atoms with Gasteiger partial charge in [0.2, 0.25) is 0 Å². The topological polar surface area (TPSA) is 24.5 Å². The van der Waals surface area contributed by atoms with Crippen LogP contribution in [0.25, 0.3) is 0 Å². The summed E-state index contributed by atoms with van der Waals surface area (Å²) in [5, 5.41) is 3.98. The highest BCUT2D eigenvalue weighted by molar-refractivity contribution is 5.38. The minimum absolute atomic E-state index is 0.0833. The van der Waals surface area contributed by atoms with Crippen LogP contribution in [0.15, 0.2) is 24.3 Å². The lowest BCUT2D eigenvalue weighted by Crippen LogP contribution is -2.57. The summed E-state index contributed by atoms with van der Waals surface area (Å²) in [7, 11) is 0. The van der Waals surface area contributed by atoms with Gasteiger partial charge in [-0.15, -0.1) is 0 Å². The van der Waals surface area contributed by atoms with Gasteiger partial charge in [-0.1, -0.05) is 18.2 Å². The summed E-state index contributed by atoms with van der Waals surface area (Å²) in [4.78, 5) is 2.62. The van der Waals surface area contributed by atoms with Crippen molar-refractivity contribution in [2.45, 2.75) is 50.8 Å². The second kappa shape index (κ2) is 4.99. The maximum Gasteiger partial charge on any atom is 0.124 e. The molecule has 3 nitrogen and oxygen atoms in total. The average molecular weight is 286 g/mol. The second-order valence-electron chi connectivity index (χ2n) is 7.57. The average Bonchev–Trinajstić information content (AvgIpc) is 2.47.